The van der Waals surface area contributed by atoms with Crippen molar-refractivity contribution < 1.29 is 9.59 Å². The van der Waals surface area contributed by atoms with Crippen molar-refractivity contribution in [2.45, 2.75) is 31.7 Å². The molecule has 0 aliphatic heterocycles. The molecule has 108 valence electrons. The third-order valence-electron chi connectivity index (χ3n) is 3.60. The van der Waals surface area contributed by atoms with Gasteiger partial charge in [-0.05, 0) is 31.0 Å². The van der Waals surface area contributed by atoms with E-state index in [1.165, 1.54) is 11.0 Å². The van der Waals surface area contributed by atoms with Crippen molar-refractivity contribution in [1.82, 2.24) is 4.90 Å². The van der Waals surface area contributed by atoms with Gasteiger partial charge >= 0.3 is 0 Å². The highest BCUT2D eigenvalue weighted by atomic mass is 35.5. The molecule has 0 aromatic heterocycles. The van der Waals surface area contributed by atoms with Crippen LogP contribution in [0, 0.1) is 0 Å². The first kappa shape index (κ1) is 14.7. The number of amides is 2. The standard InChI is InChI=1S/C14H18ClN3O2/c15-9-5-6-11(12(16)7-9)14(20)18(8-13(17)19)10-3-1-2-4-10/h5-7,10H,1-4,8,16H2,(H2,17,19). The van der Waals surface area contributed by atoms with E-state index >= 15 is 0 Å². The summed E-state index contributed by atoms with van der Waals surface area (Å²) in [5.74, 6) is -0.775. The zero-order valence-corrected chi connectivity index (χ0v) is 11.9. The lowest BCUT2D eigenvalue weighted by molar-refractivity contribution is -0.119. The Labute approximate surface area is 122 Å². The molecule has 1 aliphatic rings. The van der Waals surface area contributed by atoms with Gasteiger partial charge in [0.25, 0.3) is 5.91 Å². The Bertz CT molecular complexity index is 527. The van der Waals surface area contributed by atoms with E-state index in [0.717, 1.165) is 25.7 Å². The first-order chi connectivity index (χ1) is 9.49. The molecule has 1 aromatic carbocycles. The van der Waals surface area contributed by atoms with Gasteiger partial charge in [0.05, 0.1) is 12.1 Å². The van der Waals surface area contributed by atoms with Gasteiger partial charge in [-0.3, -0.25) is 9.59 Å². The highest BCUT2D eigenvalue weighted by Gasteiger charge is 2.29. The number of primary amides is 1. The van der Waals surface area contributed by atoms with Crippen molar-refractivity contribution in [3.63, 3.8) is 0 Å². The normalized spacial score (nSPS) is 15.2. The van der Waals surface area contributed by atoms with Crippen molar-refractivity contribution >= 4 is 29.1 Å². The number of nitrogen functional groups attached to an aromatic ring is 1. The molecule has 0 spiro atoms. The summed E-state index contributed by atoms with van der Waals surface area (Å²) in [6.45, 7) is -0.0778. The summed E-state index contributed by atoms with van der Waals surface area (Å²) in [5, 5.41) is 0.473. The lowest BCUT2D eigenvalue weighted by Gasteiger charge is -2.28. The van der Waals surface area contributed by atoms with Crippen molar-refractivity contribution in [3.05, 3.63) is 28.8 Å². The summed E-state index contributed by atoms with van der Waals surface area (Å²) in [5.41, 5.74) is 11.8. The summed E-state index contributed by atoms with van der Waals surface area (Å²) in [6.07, 6.45) is 3.91. The third-order valence-corrected chi connectivity index (χ3v) is 3.83. The van der Waals surface area contributed by atoms with Crippen LogP contribution in [0.3, 0.4) is 0 Å². The zero-order chi connectivity index (χ0) is 14.7. The van der Waals surface area contributed by atoms with E-state index in [0.29, 0.717) is 16.3 Å². The second-order valence-corrected chi connectivity index (χ2v) is 5.51. The van der Waals surface area contributed by atoms with Gasteiger partial charge in [0, 0.05) is 16.8 Å². The van der Waals surface area contributed by atoms with E-state index in [-0.39, 0.29) is 18.5 Å². The van der Waals surface area contributed by atoms with Crippen LogP contribution in [0.1, 0.15) is 36.0 Å². The van der Waals surface area contributed by atoms with E-state index in [1.807, 2.05) is 0 Å². The maximum absolute atomic E-state index is 12.6. The molecule has 0 saturated heterocycles. The van der Waals surface area contributed by atoms with Gasteiger partial charge < -0.3 is 16.4 Å². The summed E-state index contributed by atoms with van der Waals surface area (Å²) in [6, 6.07) is 4.79. The highest BCUT2D eigenvalue weighted by molar-refractivity contribution is 6.31. The fourth-order valence-corrected chi connectivity index (χ4v) is 2.81. The van der Waals surface area contributed by atoms with Crippen molar-refractivity contribution in [1.29, 1.82) is 0 Å². The molecule has 5 nitrogen and oxygen atoms in total. The Hall–Kier alpha value is -1.75. The molecular weight excluding hydrogens is 278 g/mol. The molecule has 20 heavy (non-hydrogen) atoms. The Balaban J connectivity index is 2.27. The SMILES string of the molecule is NC(=O)CN(C(=O)c1ccc(Cl)cc1N)C1CCCC1. The molecule has 2 amide bonds. The molecule has 4 N–H and O–H groups in total. The minimum absolute atomic E-state index is 0.0603. The van der Waals surface area contributed by atoms with Gasteiger partial charge in [0.15, 0.2) is 0 Å². The fraction of sp³-hybridized carbons (Fsp3) is 0.429. The Morgan fingerprint density at radius 2 is 1.95 bits per heavy atom. The number of halogens is 1. The average molecular weight is 296 g/mol. The molecule has 2 rings (SSSR count). The quantitative estimate of drug-likeness (QED) is 0.830. The van der Waals surface area contributed by atoms with Gasteiger partial charge in [-0.1, -0.05) is 24.4 Å². The predicted octanol–water partition coefficient (Wildman–Crippen LogP) is 1.79. The number of carbonyl (C=O) groups excluding carboxylic acids is 2. The van der Waals surface area contributed by atoms with E-state index in [1.54, 1.807) is 12.1 Å². The van der Waals surface area contributed by atoms with E-state index < -0.39 is 5.91 Å². The number of hydrogen-bond acceptors (Lipinski definition) is 3. The van der Waals surface area contributed by atoms with Crippen LogP contribution in [0.4, 0.5) is 5.69 Å². The van der Waals surface area contributed by atoms with Gasteiger partial charge in [-0.25, -0.2) is 0 Å². The number of nitrogens with zero attached hydrogens (tertiary/aromatic N) is 1. The monoisotopic (exact) mass is 295 g/mol. The number of nitrogens with two attached hydrogens (primary N) is 2. The van der Waals surface area contributed by atoms with Crippen molar-refractivity contribution in [2.24, 2.45) is 5.73 Å². The molecular formula is C14H18ClN3O2. The van der Waals surface area contributed by atoms with Gasteiger partial charge in [0.1, 0.15) is 0 Å². The van der Waals surface area contributed by atoms with Crippen molar-refractivity contribution in [2.75, 3.05) is 12.3 Å². The summed E-state index contributed by atoms with van der Waals surface area (Å²) >= 11 is 5.83. The third kappa shape index (κ3) is 3.22. The zero-order valence-electron chi connectivity index (χ0n) is 11.1. The van der Waals surface area contributed by atoms with Gasteiger partial charge in [-0.2, -0.15) is 0 Å². The van der Waals surface area contributed by atoms with Crippen LogP contribution < -0.4 is 11.5 Å². The van der Waals surface area contributed by atoms with Crippen LogP contribution in [0.2, 0.25) is 5.02 Å². The number of benzene rings is 1. The molecule has 0 bridgehead atoms. The molecule has 0 atom stereocenters. The largest absolute Gasteiger partial charge is 0.398 e. The van der Waals surface area contributed by atoms with Crippen LogP contribution in [0.5, 0.6) is 0 Å². The lowest BCUT2D eigenvalue weighted by atomic mass is 10.1. The first-order valence-electron chi connectivity index (χ1n) is 6.63. The molecule has 1 aromatic rings. The maximum atomic E-state index is 12.6. The minimum Gasteiger partial charge on any atom is -0.398 e. The van der Waals surface area contributed by atoms with Gasteiger partial charge in [0.2, 0.25) is 5.91 Å². The van der Waals surface area contributed by atoms with Gasteiger partial charge in [-0.15, -0.1) is 0 Å². The number of carbonyl (C=O) groups is 2. The smallest absolute Gasteiger partial charge is 0.256 e. The van der Waals surface area contributed by atoms with Crippen molar-refractivity contribution in [3.8, 4) is 0 Å². The maximum Gasteiger partial charge on any atom is 0.256 e. The summed E-state index contributed by atoms with van der Waals surface area (Å²) in [4.78, 5) is 25.3. The van der Waals surface area contributed by atoms with E-state index in [4.69, 9.17) is 23.1 Å². The van der Waals surface area contributed by atoms with Crippen LogP contribution in [-0.2, 0) is 4.79 Å². The second-order valence-electron chi connectivity index (χ2n) is 5.07. The van der Waals surface area contributed by atoms with Crippen LogP contribution in [0.15, 0.2) is 18.2 Å². The van der Waals surface area contributed by atoms with Crippen LogP contribution in [-0.4, -0.2) is 29.3 Å². The molecule has 1 saturated carbocycles. The fourth-order valence-electron chi connectivity index (χ4n) is 2.63. The number of hydrogen-bond donors (Lipinski definition) is 2. The van der Waals surface area contributed by atoms with E-state index in [9.17, 15) is 9.59 Å². The molecule has 0 radical (unpaired) electrons. The summed E-state index contributed by atoms with van der Waals surface area (Å²) < 4.78 is 0. The number of anilines is 1. The topological polar surface area (TPSA) is 89.4 Å². The minimum atomic E-state index is -0.516. The molecule has 1 fully saturated rings. The number of rotatable bonds is 4. The Morgan fingerprint density at radius 1 is 1.30 bits per heavy atom. The molecule has 0 unspecified atom stereocenters. The lowest BCUT2D eigenvalue weighted by Crippen LogP contribution is -2.44. The predicted molar refractivity (Wildman–Crippen MR) is 78.4 cm³/mol. The first-order valence-corrected chi connectivity index (χ1v) is 7.01. The molecule has 0 heterocycles. The average Bonchev–Trinajstić information content (AvgIpc) is 2.88. The van der Waals surface area contributed by atoms with Crippen LogP contribution >= 0.6 is 11.6 Å². The second kappa shape index (κ2) is 6.13. The Kier molecular flexibility index (Phi) is 4.49. The Morgan fingerprint density at radius 3 is 2.50 bits per heavy atom. The summed E-state index contributed by atoms with van der Waals surface area (Å²) in [7, 11) is 0. The molecule has 6 heteroatoms. The van der Waals surface area contributed by atoms with E-state index in [2.05, 4.69) is 0 Å². The van der Waals surface area contributed by atoms with Crippen LogP contribution in [0.25, 0.3) is 0 Å². The highest BCUT2D eigenvalue weighted by Crippen LogP contribution is 2.26. The molecule has 1 aliphatic carbocycles.